The zero-order valence-corrected chi connectivity index (χ0v) is 8.80. The SMILES string of the molecule is C=CC(=C)C(/C=C\C)=C(C)\C=C/C. The van der Waals surface area contributed by atoms with E-state index in [1.54, 1.807) is 6.08 Å². The van der Waals surface area contributed by atoms with E-state index in [-0.39, 0.29) is 0 Å². The van der Waals surface area contributed by atoms with Crippen molar-refractivity contribution < 1.29 is 0 Å². The molecule has 0 aliphatic heterocycles. The third-order valence-corrected chi connectivity index (χ3v) is 1.77. The second kappa shape index (κ2) is 6.24. The van der Waals surface area contributed by atoms with Crippen LogP contribution < -0.4 is 0 Å². The minimum Gasteiger partial charge on any atom is -0.0985 e. The van der Waals surface area contributed by atoms with Gasteiger partial charge in [0.2, 0.25) is 0 Å². The van der Waals surface area contributed by atoms with Gasteiger partial charge in [0, 0.05) is 0 Å². The van der Waals surface area contributed by atoms with Crippen LogP contribution in [0, 0.1) is 0 Å². The maximum Gasteiger partial charge on any atom is -0.0164 e. The van der Waals surface area contributed by atoms with Crippen molar-refractivity contribution in [2.45, 2.75) is 20.8 Å². The Hall–Kier alpha value is -1.30. The first-order valence-electron chi connectivity index (χ1n) is 4.45. The molecule has 0 heteroatoms. The molecule has 0 aromatic carbocycles. The second-order valence-electron chi connectivity index (χ2n) is 2.83. The van der Waals surface area contributed by atoms with Crippen molar-refractivity contribution in [3.63, 3.8) is 0 Å². The molecule has 0 amide bonds. The zero-order chi connectivity index (χ0) is 10.3. The molecule has 0 atom stereocenters. The maximum atomic E-state index is 3.93. The predicted molar refractivity (Wildman–Crippen MR) is 61.7 cm³/mol. The van der Waals surface area contributed by atoms with E-state index in [0.29, 0.717) is 0 Å². The lowest BCUT2D eigenvalue weighted by atomic mass is 10.0. The van der Waals surface area contributed by atoms with Crippen molar-refractivity contribution in [2.75, 3.05) is 0 Å². The number of rotatable bonds is 4. The topological polar surface area (TPSA) is 0 Å². The van der Waals surface area contributed by atoms with Crippen LogP contribution in [-0.4, -0.2) is 0 Å². The highest BCUT2D eigenvalue weighted by Crippen LogP contribution is 2.16. The largest absolute Gasteiger partial charge is 0.0985 e. The van der Waals surface area contributed by atoms with Gasteiger partial charge in [-0.05, 0) is 37.5 Å². The first-order valence-corrected chi connectivity index (χ1v) is 4.45. The average Bonchev–Trinajstić information content (AvgIpc) is 2.13. The van der Waals surface area contributed by atoms with Crippen molar-refractivity contribution in [3.05, 3.63) is 60.3 Å². The minimum atomic E-state index is 0.966. The summed E-state index contributed by atoms with van der Waals surface area (Å²) in [5, 5.41) is 0. The van der Waals surface area contributed by atoms with Crippen LogP contribution in [-0.2, 0) is 0 Å². The Labute approximate surface area is 81.7 Å². The van der Waals surface area contributed by atoms with Crippen LogP contribution in [0.2, 0.25) is 0 Å². The van der Waals surface area contributed by atoms with Crippen molar-refractivity contribution in [3.8, 4) is 0 Å². The molecule has 13 heavy (non-hydrogen) atoms. The van der Waals surface area contributed by atoms with E-state index in [2.05, 4.69) is 32.2 Å². The first kappa shape index (κ1) is 11.7. The third kappa shape index (κ3) is 3.75. The molecule has 0 aliphatic rings. The van der Waals surface area contributed by atoms with Gasteiger partial charge in [-0.1, -0.05) is 43.5 Å². The lowest BCUT2D eigenvalue weighted by Crippen LogP contribution is -1.85. The Morgan fingerprint density at radius 2 is 1.62 bits per heavy atom. The molecule has 0 N–H and O–H groups in total. The quantitative estimate of drug-likeness (QED) is 0.560. The van der Waals surface area contributed by atoms with E-state index >= 15 is 0 Å². The van der Waals surface area contributed by atoms with Crippen LogP contribution in [0.3, 0.4) is 0 Å². The summed E-state index contributed by atoms with van der Waals surface area (Å²) in [6, 6.07) is 0. The summed E-state index contributed by atoms with van der Waals surface area (Å²) in [7, 11) is 0. The van der Waals surface area contributed by atoms with Gasteiger partial charge in [0.1, 0.15) is 0 Å². The van der Waals surface area contributed by atoms with Crippen LogP contribution in [0.25, 0.3) is 0 Å². The van der Waals surface area contributed by atoms with Crippen LogP contribution in [0.5, 0.6) is 0 Å². The lowest BCUT2D eigenvalue weighted by molar-refractivity contribution is 1.40. The number of allylic oxidation sites excluding steroid dienone is 8. The van der Waals surface area contributed by atoms with Crippen molar-refractivity contribution in [2.24, 2.45) is 0 Å². The fourth-order valence-corrected chi connectivity index (χ4v) is 1.11. The number of hydrogen-bond donors (Lipinski definition) is 0. The molecule has 0 fully saturated rings. The summed E-state index contributed by atoms with van der Waals surface area (Å²) < 4.78 is 0. The molecule has 0 saturated heterocycles. The van der Waals surface area contributed by atoms with Crippen LogP contribution in [0.15, 0.2) is 60.3 Å². The summed E-state index contributed by atoms with van der Waals surface area (Å²) in [5.74, 6) is 0. The van der Waals surface area contributed by atoms with E-state index in [4.69, 9.17) is 0 Å². The van der Waals surface area contributed by atoms with Crippen LogP contribution in [0.4, 0.5) is 0 Å². The highest BCUT2D eigenvalue weighted by Gasteiger charge is 1.97. The summed E-state index contributed by atoms with van der Waals surface area (Å²) >= 11 is 0. The van der Waals surface area contributed by atoms with Crippen molar-refractivity contribution in [1.29, 1.82) is 0 Å². The molecular weight excluding hydrogens is 156 g/mol. The first-order chi connectivity index (χ1) is 6.17. The Bertz CT molecular complexity index is 272. The molecule has 0 rings (SSSR count). The van der Waals surface area contributed by atoms with E-state index in [1.807, 2.05) is 26.0 Å². The third-order valence-electron chi connectivity index (χ3n) is 1.77. The van der Waals surface area contributed by atoms with Crippen molar-refractivity contribution in [1.82, 2.24) is 0 Å². The Kier molecular flexibility index (Phi) is 5.62. The molecule has 0 saturated carbocycles. The van der Waals surface area contributed by atoms with Gasteiger partial charge >= 0.3 is 0 Å². The summed E-state index contributed by atoms with van der Waals surface area (Å²) in [5.41, 5.74) is 3.33. The fraction of sp³-hybridized carbons (Fsp3) is 0.231. The van der Waals surface area contributed by atoms with Gasteiger partial charge in [-0.15, -0.1) is 0 Å². The normalized spacial score (nSPS) is 13.5. The molecule has 0 radical (unpaired) electrons. The molecule has 0 aromatic heterocycles. The molecule has 70 valence electrons. The van der Waals surface area contributed by atoms with E-state index in [9.17, 15) is 0 Å². The van der Waals surface area contributed by atoms with Gasteiger partial charge in [-0.3, -0.25) is 0 Å². The van der Waals surface area contributed by atoms with Crippen molar-refractivity contribution >= 4 is 0 Å². The second-order valence-corrected chi connectivity index (χ2v) is 2.83. The molecule has 0 nitrogen and oxygen atoms in total. The standard InChI is InChI=1S/C13H18/c1-6-9-12(5)13(10-7-2)11(4)8-3/h6-10H,3-4H2,1-2,5H3/b9-6-,10-7-,13-12-. The minimum absolute atomic E-state index is 0.966. The van der Waals surface area contributed by atoms with Gasteiger partial charge in [-0.2, -0.15) is 0 Å². The highest BCUT2D eigenvalue weighted by atomic mass is 14.0. The Balaban J connectivity index is 5.09. The lowest BCUT2D eigenvalue weighted by Gasteiger charge is -2.04. The van der Waals surface area contributed by atoms with E-state index < -0.39 is 0 Å². The summed E-state index contributed by atoms with van der Waals surface area (Å²) in [6.45, 7) is 13.7. The summed E-state index contributed by atoms with van der Waals surface area (Å²) in [4.78, 5) is 0. The smallest absolute Gasteiger partial charge is 0.0164 e. The van der Waals surface area contributed by atoms with E-state index in [1.165, 1.54) is 5.57 Å². The molecule has 0 unspecified atom stereocenters. The molecule has 0 spiro atoms. The zero-order valence-electron chi connectivity index (χ0n) is 8.80. The highest BCUT2D eigenvalue weighted by molar-refractivity contribution is 5.49. The maximum absolute atomic E-state index is 3.93. The molecular formula is C13H18. The monoisotopic (exact) mass is 174 g/mol. The van der Waals surface area contributed by atoms with Gasteiger partial charge in [0.05, 0.1) is 0 Å². The van der Waals surface area contributed by atoms with Gasteiger partial charge in [0.15, 0.2) is 0 Å². The average molecular weight is 174 g/mol. The Morgan fingerprint density at radius 1 is 1.08 bits per heavy atom. The molecule has 0 aliphatic carbocycles. The van der Waals surface area contributed by atoms with Crippen LogP contribution in [0.1, 0.15) is 20.8 Å². The molecule has 0 bridgehead atoms. The molecule has 0 aromatic rings. The summed E-state index contributed by atoms with van der Waals surface area (Å²) in [6.07, 6.45) is 9.94. The van der Waals surface area contributed by atoms with E-state index in [0.717, 1.165) is 11.1 Å². The van der Waals surface area contributed by atoms with Crippen LogP contribution >= 0.6 is 0 Å². The fourth-order valence-electron chi connectivity index (χ4n) is 1.11. The van der Waals surface area contributed by atoms with Gasteiger partial charge < -0.3 is 0 Å². The Morgan fingerprint density at radius 3 is 2.00 bits per heavy atom. The van der Waals surface area contributed by atoms with Gasteiger partial charge in [-0.25, -0.2) is 0 Å². The predicted octanol–water partition coefficient (Wildman–Crippen LogP) is 4.20. The number of hydrogen-bond acceptors (Lipinski definition) is 0. The van der Waals surface area contributed by atoms with Gasteiger partial charge in [0.25, 0.3) is 0 Å². The molecule has 0 heterocycles.